The van der Waals surface area contributed by atoms with Gasteiger partial charge >= 0.3 is 0 Å². The number of aromatic hydroxyl groups is 1. The Morgan fingerprint density at radius 1 is 0.812 bits per heavy atom. The van der Waals surface area contributed by atoms with Gasteiger partial charge in [0.05, 0.1) is 0 Å². The van der Waals surface area contributed by atoms with Crippen molar-refractivity contribution in [3.8, 4) is 5.75 Å². The second-order valence-corrected chi connectivity index (χ2v) is 4.15. The van der Waals surface area contributed by atoms with Crippen LogP contribution in [0.5, 0.6) is 5.75 Å². The summed E-state index contributed by atoms with van der Waals surface area (Å²) in [7, 11) is 0. The zero-order valence-corrected chi connectivity index (χ0v) is 9.07. The number of phenols is 1. The van der Waals surface area contributed by atoms with Gasteiger partial charge in [-0.1, -0.05) is 30.3 Å². The molecular formula is C15H12O. The van der Waals surface area contributed by atoms with E-state index in [1.165, 1.54) is 16.3 Å². The van der Waals surface area contributed by atoms with Crippen molar-refractivity contribution in [1.29, 1.82) is 0 Å². The molecule has 0 aliphatic heterocycles. The maximum atomic E-state index is 9.80. The van der Waals surface area contributed by atoms with Crippen LogP contribution < -0.4 is 0 Å². The molecule has 0 aliphatic rings. The summed E-state index contributed by atoms with van der Waals surface area (Å²) in [6, 6.07) is 16.0. The first-order valence-corrected chi connectivity index (χ1v) is 5.37. The lowest BCUT2D eigenvalue weighted by molar-refractivity contribution is 0.481. The average Bonchev–Trinajstić information content (AvgIpc) is 2.29. The highest BCUT2D eigenvalue weighted by Crippen LogP contribution is 2.30. The number of aryl methyl sites for hydroxylation is 1. The molecule has 1 heteroatoms. The molecule has 0 aromatic heterocycles. The molecule has 16 heavy (non-hydrogen) atoms. The predicted molar refractivity (Wildman–Crippen MR) is 67.9 cm³/mol. The van der Waals surface area contributed by atoms with Crippen LogP contribution in [0.15, 0.2) is 48.5 Å². The monoisotopic (exact) mass is 208 g/mol. The first-order chi connectivity index (χ1) is 7.75. The summed E-state index contributed by atoms with van der Waals surface area (Å²) in [5, 5.41) is 14.2. The molecule has 0 atom stereocenters. The molecule has 0 fully saturated rings. The van der Waals surface area contributed by atoms with Gasteiger partial charge in [0.2, 0.25) is 0 Å². The van der Waals surface area contributed by atoms with Crippen molar-refractivity contribution in [3.63, 3.8) is 0 Å². The third-order valence-corrected chi connectivity index (χ3v) is 3.07. The van der Waals surface area contributed by atoms with Gasteiger partial charge in [0.25, 0.3) is 0 Å². The molecule has 1 nitrogen and oxygen atoms in total. The molecule has 0 aliphatic carbocycles. The number of hydrogen-bond donors (Lipinski definition) is 1. The van der Waals surface area contributed by atoms with Crippen LogP contribution in [0.25, 0.3) is 21.5 Å². The van der Waals surface area contributed by atoms with E-state index in [4.69, 9.17) is 0 Å². The minimum atomic E-state index is 0.348. The fraction of sp³-hybridized carbons (Fsp3) is 0.0667. The van der Waals surface area contributed by atoms with Gasteiger partial charge in [-0.2, -0.15) is 0 Å². The number of hydrogen-bond acceptors (Lipinski definition) is 1. The quantitative estimate of drug-likeness (QED) is 0.553. The molecule has 0 saturated heterocycles. The third kappa shape index (κ3) is 1.25. The molecule has 0 heterocycles. The number of fused-ring (bicyclic) bond motifs is 2. The minimum Gasteiger partial charge on any atom is -0.507 e. The third-order valence-electron chi connectivity index (χ3n) is 3.07. The highest BCUT2D eigenvalue weighted by molar-refractivity contribution is 6.01. The number of phenolic OH excluding ortho intramolecular Hbond substituents is 1. The van der Waals surface area contributed by atoms with Crippen molar-refractivity contribution < 1.29 is 5.11 Å². The van der Waals surface area contributed by atoms with Crippen LogP contribution in [0.1, 0.15) is 5.56 Å². The van der Waals surface area contributed by atoms with Gasteiger partial charge in [-0.15, -0.1) is 0 Å². The van der Waals surface area contributed by atoms with E-state index < -0.39 is 0 Å². The zero-order valence-electron chi connectivity index (χ0n) is 9.07. The highest BCUT2D eigenvalue weighted by Gasteiger charge is 2.02. The lowest BCUT2D eigenvalue weighted by Crippen LogP contribution is -1.80. The first-order valence-electron chi connectivity index (χ1n) is 5.37. The Labute approximate surface area is 94.0 Å². The van der Waals surface area contributed by atoms with Gasteiger partial charge in [-0.05, 0) is 46.8 Å². The standard InChI is InChI=1S/C15H12O/c1-10-4-2-5-11-9-14-12(8-13(10)11)6-3-7-15(14)16/h2-9,16H,1H3. The Morgan fingerprint density at radius 2 is 1.44 bits per heavy atom. The summed E-state index contributed by atoms with van der Waals surface area (Å²) in [4.78, 5) is 0. The summed E-state index contributed by atoms with van der Waals surface area (Å²) < 4.78 is 0. The molecule has 3 aromatic carbocycles. The smallest absolute Gasteiger partial charge is 0.123 e. The molecule has 1 N–H and O–H groups in total. The van der Waals surface area contributed by atoms with E-state index >= 15 is 0 Å². The van der Waals surface area contributed by atoms with Crippen molar-refractivity contribution in [2.45, 2.75) is 6.92 Å². The van der Waals surface area contributed by atoms with E-state index in [9.17, 15) is 5.11 Å². The lowest BCUT2D eigenvalue weighted by atomic mass is 10.00. The van der Waals surface area contributed by atoms with Gasteiger partial charge < -0.3 is 5.11 Å². The maximum absolute atomic E-state index is 9.80. The summed E-state index contributed by atoms with van der Waals surface area (Å²) >= 11 is 0. The Hall–Kier alpha value is -2.02. The van der Waals surface area contributed by atoms with Gasteiger partial charge in [-0.25, -0.2) is 0 Å². The summed E-state index contributed by atoms with van der Waals surface area (Å²) in [6.45, 7) is 2.11. The number of benzene rings is 3. The van der Waals surface area contributed by atoms with Crippen molar-refractivity contribution in [2.75, 3.05) is 0 Å². The largest absolute Gasteiger partial charge is 0.507 e. The molecule has 78 valence electrons. The lowest BCUT2D eigenvalue weighted by Gasteiger charge is -2.06. The van der Waals surface area contributed by atoms with E-state index in [-0.39, 0.29) is 0 Å². The molecule has 0 saturated carbocycles. The van der Waals surface area contributed by atoms with Crippen LogP contribution in [-0.4, -0.2) is 5.11 Å². The van der Waals surface area contributed by atoms with Crippen LogP contribution in [0, 0.1) is 6.92 Å². The molecule has 0 amide bonds. The fourth-order valence-corrected chi connectivity index (χ4v) is 2.19. The Bertz CT molecular complexity index is 622. The van der Waals surface area contributed by atoms with Crippen molar-refractivity contribution in [2.24, 2.45) is 0 Å². The topological polar surface area (TPSA) is 20.2 Å². The Kier molecular flexibility index (Phi) is 1.87. The molecule has 0 bridgehead atoms. The van der Waals surface area contributed by atoms with Gasteiger partial charge in [0.15, 0.2) is 0 Å². The predicted octanol–water partition coefficient (Wildman–Crippen LogP) is 4.01. The molecular weight excluding hydrogens is 196 g/mol. The van der Waals surface area contributed by atoms with Gasteiger partial charge in [0.1, 0.15) is 5.75 Å². The highest BCUT2D eigenvalue weighted by atomic mass is 16.3. The average molecular weight is 208 g/mol. The van der Waals surface area contributed by atoms with Crippen LogP contribution in [0.3, 0.4) is 0 Å². The van der Waals surface area contributed by atoms with E-state index in [0.29, 0.717) is 5.75 Å². The van der Waals surface area contributed by atoms with Crippen LogP contribution in [-0.2, 0) is 0 Å². The minimum absolute atomic E-state index is 0.348. The summed E-state index contributed by atoms with van der Waals surface area (Å²) in [6.07, 6.45) is 0. The maximum Gasteiger partial charge on any atom is 0.123 e. The van der Waals surface area contributed by atoms with Crippen LogP contribution >= 0.6 is 0 Å². The number of rotatable bonds is 0. The fourth-order valence-electron chi connectivity index (χ4n) is 2.19. The second kappa shape index (κ2) is 3.24. The summed E-state index contributed by atoms with van der Waals surface area (Å²) in [5.41, 5.74) is 1.27. The summed E-state index contributed by atoms with van der Waals surface area (Å²) in [5.74, 6) is 0.348. The van der Waals surface area contributed by atoms with Gasteiger partial charge in [0, 0.05) is 5.39 Å². The van der Waals surface area contributed by atoms with Gasteiger partial charge in [-0.3, -0.25) is 0 Å². The Balaban J connectivity index is 2.54. The molecule has 3 rings (SSSR count). The zero-order chi connectivity index (χ0) is 11.1. The van der Waals surface area contributed by atoms with Crippen LogP contribution in [0.4, 0.5) is 0 Å². The van der Waals surface area contributed by atoms with Crippen molar-refractivity contribution in [1.82, 2.24) is 0 Å². The molecule has 0 radical (unpaired) electrons. The first kappa shape index (κ1) is 9.22. The van der Waals surface area contributed by atoms with Crippen LogP contribution in [0.2, 0.25) is 0 Å². The molecule has 0 unspecified atom stereocenters. The second-order valence-electron chi connectivity index (χ2n) is 4.15. The Morgan fingerprint density at radius 3 is 2.25 bits per heavy atom. The molecule has 3 aromatic rings. The van der Waals surface area contributed by atoms with E-state index in [2.05, 4.69) is 25.1 Å². The van der Waals surface area contributed by atoms with E-state index in [0.717, 1.165) is 10.8 Å². The SMILES string of the molecule is Cc1cccc2cc3c(O)cccc3cc12. The van der Waals surface area contributed by atoms with E-state index in [1.807, 2.05) is 24.3 Å². The molecule has 0 spiro atoms. The van der Waals surface area contributed by atoms with Crippen molar-refractivity contribution >= 4 is 21.5 Å². The normalized spacial score (nSPS) is 11.1. The van der Waals surface area contributed by atoms with E-state index in [1.54, 1.807) is 6.07 Å². The van der Waals surface area contributed by atoms with Crippen molar-refractivity contribution in [3.05, 3.63) is 54.1 Å².